The highest BCUT2D eigenvalue weighted by Gasteiger charge is 2.39. The molecule has 2 aromatic rings. The molecule has 0 fully saturated rings. The second-order valence-corrected chi connectivity index (χ2v) is 6.20. The van der Waals surface area contributed by atoms with E-state index in [0.717, 1.165) is 5.56 Å². The zero-order valence-electron chi connectivity index (χ0n) is 14.7. The van der Waals surface area contributed by atoms with Crippen molar-refractivity contribution >= 4 is 28.9 Å². The Bertz CT molecular complexity index is 848. The minimum absolute atomic E-state index is 0.379. The van der Waals surface area contributed by atoms with Crippen LogP contribution >= 0.6 is 0 Å². The number of para-hydroxylation sites is 1. The number of aliphatic hydroxyl groups is 1. The number of hydrogen-bond donors (Lipinski definition) is 2. The van der Waals surface area contributed by atoms with Crippen molar-refractivity contribution in [2.24, 2.45) is 11.0 Å². The molecule has 26 heavy (non-hydrogen) atoms. The molecule has 0 spiro atoms. The smallest absolute Gasteiger partial charge is 0.265 e. The number of nitrogens with one attached hydrogen (secondary N) is 1. The fourth-order valence-corrected chi connectivity index (χ4v) is 2.90. The van der Waals surface area contributed by atoms with Crippen molar-refractivity contribution in [2.45, 2.75) is 26.4 Å². The van der Waals surface area contributed by atoms with Crippen LogP contribution < -0.4 is 10.3 Å². The van der Waals surface area contributed by atoms with Gasteiger partial charge >= 0.3 is 0 Å². The predicted molar refractivity (Wildman–Crippen MR) is 101 cm³/mol. The first-order valence-corrected chi connectivity index (χ1v) is 8.54. The molecule has 1 heterocycles. The van der Waals surface area contributed by atoms with Gasteiger partial charge in [0.1, 0.15) is 0 Å². The summed E-state index contributed by atoms with van der Waals surface area (Å²) < 4.78 is 0. The zero-order chi connectivity index (χ0) is 18.7. The Balaban J connectivity index is 1.77. The highest BCUT2D eigenvalue weighted by molar-refractivity contribution is 6.28. The number of benzene rings is 2. The molecule has 0 saturated heterocycles. The first-order chi connectivity index (χ1) is 12.5. The fourth-order valence-electron chi connectivity index (χ4n) is 2.90. The fraction of sp³-hybridized carbons (Fsp3) is 0.250. The van der Waals surface area contributed by atoms with Crippen molar-refractivity contribution in [3.8, 4) is 0 Å². The minimum atomic E-state index is -0.963. The Morgan fingerprint density at radius 2 is 1.96 bits per heavy atom. The Morgan fingerprint density at radius 1 is 1.23 bits per heavy atom. The van der Waals surface area contributed by atoms with Crippen LogP contribution in [-0.2, 0) is 9.59 Å². The molecule has 0 aromatic heterocycles. The number of carbonyl (C=O) groups excluding carboxylic acids is 2. The molecule has 2 atom stereocenters. The van der Waals surface area contributed by atoms with Crippen LogP contribution in [0.2, 0.25) is 0 Å². The molecule has 0 saturated carbocycles. The number of hydrazone groups is 1. The lowest BCUT2D eigenvalue weighted by molar-refractivity contribution is -0.127. The van der Waals surface area contributed by atoms with Gasteiger partial charge in [-0.25, -0.2) is 0 Å². The monoisotopic (exact) mass is 351 g/mol. The number of amides is 2. The maximum atomic E-state index is 12.7. The number of rotatable bonds is 5. The van der Waals surface area contributed by atoms with E-state index in [9.17, 15) is 14.7 Å². The van der Waals surface area contributed by atoms with Crippen LogP contribution in [0.3, 0.4) is 0 Å². The number of nitrogens with zero attached hydrogens (tertiary/aromatic N) is 2. The van der Waals surface area contributed by atoms with Gasteiger partial charge in [0.15, 0.2) is 5.92 Å². The van der Waals surface area contributed by atoms with Gasteiger partial charge in [-0.15, -0.1) is 0 Å². The number of carbonyl (C=O) groups is 2. The van der Waals surface area contributed by atoms with Gasteiger partial charge < -0.3 is 10.4 Å². The van der Waals surface area contributed by atoms with E-state index < -0.39 is 17.9 Å². The lowest BCUT2D eigenvalue weighted by Crippen LogP contribution is -2.36. The SMILES string of the molecule is CCC(O)c1cccc(NC(=O)C2C(=O)N(c3ccccc3)N=C2C)c1. The van der Waals surface area contributed by atoms with Crippen LogP contribution in [0.1, 0.15) is 31.9 Å². The molecule has 2 amide bonds. The average molecular weight is 351 g/mol. The number of hydrogen-bond acceptors (Lipinski definition) is 4. The summed E-state index contributed by atoms with van der Waals surface area (Å²) in [5.41, 5.74) is 2.33. The molecule has 1 aliphatic heterocycles. The minimum Gasteiger partial charge on any atom is -0.388 e. The van der Waals surface area contributed by atoms with Gasteiger partial charge in [-0.2, -0.15) is 10.1 Å². The summed E-state index contributed by atoms with van der Waals surface area (Å²) in [5, 5.41) is 18.2. The van der Waals surface area contributed by atoms with E-state index in [2.05, 4.69) is 10.4 Å². The molecule has 2 aromatic carbocycles. The molecule has 0 radical (unpaired) electrons. The van der Waals surface area contributed by atoms with E-state index in [1.807, 2.05) is 25.1 Å². The highest BCUT2D eigenvalue weighted by atomic mass is 16.3. The number of anilines is 2. The van der Waals surface area contributed by atoms with Crippen LogP contribution in [-0.4, -0.2) is 22.6 Å². The van der Waals surface area contributed by atoms with Gasteiger partial charge in [0, 0.05) is 5.69 Å². The van der Waals surface area contributed by atoms with Crippen molar-refractivity contribution in [2.75, 3.05) is 10.3 Å². The summed E-state index contributed by atoms with van der Waals surface area (Å²) in [6.07, 6.45) is -0.00659. The second-order valence-electron chi connectivity index (χ2n) is 6.20. The third-order valence-corrected chi connectivity index (χ3v) is 4.32. The Hall–Kier alpha value is -2.99. The van der Waals surface area contributed by atoms with Crippen LogP contribution in [0.5, 0.6) is 0 Å². The van der Waals surface area contributed by atoms with E-state index in [0.29, 0.717) is 23.5 Å². The average Bonchev–Trinajstić information content (AvgIpc) is 2.96. The molecule has 3 rings (SSSR count). The molecule has 1 aliphatic rings. The Morgan fingerprint density at radius 3 is 2.65 bits per heavy atom. The Labute approximate surface area is 152 Å². The van der Waals surface area contributed by atoms with E-state index in [1.165, 1.54) is 5.01 Å². The summed E-state index contributed by atoms with van der Waals surface area (Å²) >= 11 is 0. The standard InChI is InChI=1S/C20H21N3O3/c1-3-17(24)14-8-7-9-15(12-14)21-19(25)18-13(2)22-23(20(18)26)16-10-5-4-6-11-16/h4-12,17-18,24H,3H2,1-2H3,(H,21,25). The zero-order valence-corrected chi connectivity index (χ0v) is 14.7. The second kappa shape index (κ2) is 7.49. The lowest BCUT2D eigenvalue weighted by atomic mass is 10.0. The van der Waals surface area contributed by atoms with Crippen LogP contribution in [0.15, 0.2) is 59.7 Å². The van der Waals surface area contributed by atoms with Crippen LogP contribution in [0, 0.1) is 5.92 Å². The third kappa shape index (κ3) is 3.50. The maximum absolute atomic E-state index is 12.7. The van der Waals surface area contributed by atoms with Crippen molar-refractivity contribution in [3.05, 3.63) is 60.2 Å². The van der Waals surface area contributed by atoms with Crippen LogP contribution in [0.4, 0.5) is 11.4 Å². The lowest BCUT2D eigenvalue weighted by Gasteiger charge is -2.15. The molecule has 6 nitrogen and oxygen atoms in total. The third-order valence-electron chi connectivity index (χ3n) is 4.32. The van der Waals surface area contributed by atoms with E-state index in [4.69, 9.17) is 0 Å². The molecule has 0 aliphatic carbocycles. The van der Waals surface area contributed by atoms with Crippen molar-refractivity contribution in [1.82, 2.24) is 0 Å². The Kier molecular flexibility index (Phi) is 5.14. The van der Waals surface area contributed by atoms with Gasteiger partial charge in [0.25, 0.3) is 5.91 Å². The van der Waals surface area contributed by atoms with Gasteiger partial charge in [0.05, 0.1) is 17.5 Å². The maximum Gasteiger partial charge on any atom is 0.265 e. The summed E-state index contributed by atoms with van der Waals surface area (Å²) in [4.78, 5) is 25.3. The molecule has 6 heteroatoms. The van der Waals surface area contributed by atoms with Crippen LogP contribution in [0.25, 0.3) is 0 Å². The summed E-state index contributed by atoms with van der Waals surface area (Å²) in [5.74, 6) is -1.77. The quantitative estimate of drug-likeness (QED) is 0.812. The van der Waals surface area contributed by atoms with Gasteiger partial charge in [-0.1, -0.05) is 37.3 Å². The summed E-state index contributed by atoms with van der Waals surface area (Å²) in [6.45, 7) is 3.55. The summed E-state index contributed by atoms with van der Waals surface area (Å²) in [6, 6.07) is 16.0. The summed E-state index contributed by atoms with van der Waals surface area (Å²) in [7, 11) is 0. The number of aliphatic hydroxyl groups excluding tert-OH is 1. The van der Waals surface area contributed by atoms with Gasteiger partial charge in [-0.3, -0.25) is 9.59 Å². The highest BCUT2D eigenvalue weighted by Crippen LogP contribution is 2.25. The van der Waals surface area contributed by atoms with Gasteiger partial charge in [-0.05, 0) is 43.2 Å². The molecule has 134 valence electrons. The predicted octanol–water partition coefficient (Wildman–Crippen LogP) is 3.11. The molecule has 2 N–H and O–H groups in total. The van der Waals surface area contributed by atoms with E-state index in [-0.39, 0.29) is 5.91 Å². The largest absolute Gasteiger partial charge is 0.388 e. The van der Waals surface area contributed by atoms with Crippen molar-refractivity contribution in [1.29, 1.82) is 0 Å². The first-order valence-electron chi connectivity index (χ1n) is 8.54. The van der Waals surface area contributed by atoms with E-state index in [1.54, 1.807) is 43.3 Å². The normalized spacial score (nSPS) is 17.8. The molecular formula is C20H21N3O3. The topological polar surface area (TPSA) is 82.0 Å². The van der Waals surface area contributed by atoms with E-state index >= 15 is 0 Å². The van der Waals surface area contributed by atoms with Crippen molar-refractivity contribution < 1.29 is 14.7 Å². The van der Waals surface area contributed by atoms with Gasteiger partial charge in [0.2, 0.25) is 5.91 Å². The first kappa shape index (κ1) is 17.8. The molecular weight excluding hydrogens is 330 g/mol. The molecule has 2 unspecified atom stereocenters. The molecule has 0 bridgehead atoms. The van der Waals surface area contributed by atoms with Crippen molar-refractivity contribution in [3.63, 3.8) is 0 Å².